The van der Waals surface area contributed by atoms with Crippen LogP contribution in [0, 0.1) is 0 Å². The first kappa shape index (κ1) is 18.3. The summed E-state index contributed by atoms with van der Waals surface area (Å²) in [7, 11) is -0.681. The van der Waals surface area contributed by atoms with Gasteiger partial charge in [-0.15, -0.1) is 0 Å². The Morgan fingerprint density at radius 1 is 1.04 bits per heavy atom. The summed E-state index contributed by atoms with van der Waals surface area (Å²) in [4.78, 5) is 0.109. The molecule has 130 valence electrons. The van der Waals surface area contributed by atoms with Gasteiger partial charge in [-0.2, -0.15) is 0 Å². The molecule has 2 rings (SSSR count). The summed E-state index contributed by atoms with van der Waals surface area (Å²) in [5.74, 6) is 1.08. The molecule has 1 N–H and O–H groups in total. The number of hydrogen-bond donors (Lipinski definition) is 1. The Balaban J connectivity index is 2.04. The van der Waals surface area contributed by atoms with Gasteiger partial charge in [-0.1, -0.05) is 37.3 Å². The molecule has 1 unspecified atom stereocenters. The minimum atomic E-state index is -3.64. The lowest BCUT2D eigenvalue weighted by atomic mass is 9.98. The van der Waals surface area contributed by atoms with E-state index >= 15 is 0 Å². The first-order valence-electron chi connectivity index (χ1n) is 7.74. The van der Waals surface area contributed by atoms with Gasteiger partial charge >= 0.3 is 0 Å². The van der Waals surface area contributed by atoms with E-state index < -0.39 is 10.0 Å². The predicted octanol–water partition coefficient (Wildman–Crippen LogP) is 3.18. The summed E-state index contributed by atoms with van der Waals surface area (Å²) >= 11 is 0. The van der Waals surface area contributed by atoms with Crippen molar-refractivity contribution in [2.24, 2.45) is 0 Å². The van der Waals surface area contributed by atoms with Gasteiger partial charge in [0, 0.05) is 12.6 Å². The molecule has 0 heterocycles. The van der Waals surface area contributed by atoms with Crippen LogP contribution in [0.4, 0.5) is 0 Å². The average Bonchev–Trinajstić information content (AvgIpc) is 2.61. The van der Waals surface area contributed by atoms with Crippen LogP contribution in [0.3, 0.4) is 0 Å². The SMILES string of the molecule is COc1ccc(S(=O)(=O)NCCC(C)c2ccccc2)c(OC)c1. The monoisotopic (exact) mass is 349 g/mol. The summed E-state index contributed by atoms with van der Waals surface area (Å²) in [6, 6.07) is 14.7. The summed E-state index contributed by atoms with van der Waals surface area (Å²) in [5.41, 5.74) is 1.19. The third kappa shape index (κ3) is 4.49. The Morgan fingerprint density at radius 3 is 2.38 bits per heavy atom. The van der Waals surface area contributed by atoms with Crippen LogP contribution >= 0.6 is 0 Å². The summed E-state index contributed by atoms with van der Waals surface area (Å²) < 4.78 is 37.9. The van der Waals surface area contributed by atoms with E-state index in [1.807, 2.05) is 30.3 Å². The Labute approximate surface area is 143 Å². The molecule has 24 heavy (non-hydrogen) atoms. The van der Waals surface area contributed by atoms with Crippen molar-refractivity contribution in [1.29, 1.82) is 0 Å². The van der Waals surface area contributed by atoms with Crippen LogP contribution in [0.25, 0.3) is 0 Å². The fourth-order valence-electron chi connectivity index (χ4n) is 2.43. The molecular formula is C18H23NO4S. The molecule has 0 bridgehead atoms. The Hall–Kier alpha value is -2.05. The van der Waals surface area contributed by atoms with E-state index in [-0.39, 0.29) is 16.6 Å². The van der Waals surface area contributed by atoms with Crippen molar-refractivity contribution in [3.63, 3.8) is 0 Å². The summed E-state index contributed by atoms with van der Waals surface area (Å²) in [6.07, 6.45) is 0.710. The van der Waals surface area contributed by atoms with Crippen LogP contribution in [0.15, 0.2) is 53.4 Å². The minimum Gasteiger partial charge on any atom is -0.497 e. The Kier molecular flexibility index (Phi) is 6.23. The lowest BCUT2D eigenvalue weighted by molar-refractivity contribution is 0.386. The number of nitrogens with one attached hydrogen (secondary N) is 1. The average molecular weight is 349 g/mol. The van der Waals surface area contributed by atoms with Gasteiger partial charge in [0.05, 0.1) is 14.2 Å². The van der Waals surface area contributed by atoms with Crippen LogP contribution < -0.4 is 14.2 Å². The summed E-state index contributed by atoms with van der Waals surface area (Å²) in [6.45, 7) is 2.44. The van der Waals surface area contributed by atoms with Crippen molar-refractivity contribution in [3.05, 3.63) is 54.1 Å². The first-order valence-corrected chi connectivity index (χ1v) is 9.23. The maximum atomic E-state index is 12.5. The maximum Gasteiger partial charge on any atom is 0.244 e. The molecule has 0 spiro atoms. The molecule has 0 aliphatic rings. The molecule has 2 aromatic carbocycles. The van der Waals surface area contributed by atoms with E-state index in [0.717, 1.165) is 0 Å². The highest BCUT2D eigenvalue weighted by molar-refractivity contribution is 7.89. The normalized spacial score (nSPS) is 12.6. The van der Waals surface area contributed by atoms with Crippen LogP contribution in [-0.4, -0.2) is 29.2 Å². The topological polar surface area (TPSA) is 64.6 Å². The second kappa shape index (κ2) is 8.17. The van der Waals surface area contributed by atoms with Crippen molar-refractivity contribution < 1.29 is 17.9 Å². The van der Waals surface area contributed by atoms with Crippen LogP contribution in [0.2, 0.25) is 0 Å². The van der Waals surface area contributed by atoms with Gasteiger partial charge in [0.25, 0.3) is 0 Å². The number of ether oxygens (including phenoxy) is 2. The molecule has 0 saturated heterocycles. The number of hydrogen-bond acceptors (Lipinski definition) is 4. The molecule has 6 heteroatoms. The lowest BCUT2D eigenvalue weighted by Crippen LogP contribution is -2.26. The van der Waals surface area contributed by atoms with Crippen molar-refractivity contribution in [2.75, 3.05) is 20.8 Å². The fourth-order valence-corrected chi connectivity index (χ4v) is 3.63. The predicted molar refractivity (Wildman–Crippen MR) is 94.2 cm³/mol. The van der Waals surface area contributed by atoms with Gasteiger partial charge in [0.2, 0.25) is 10.0 Å². The molecule has 0 amide bonds. The van der Waals surface area contributed by atoms with Crippen molar-refractivity contribution in [1.82, 2.24) is 4.72 Å². The van der Waals surface area contributed by atoms with Crippen LogP contribution in [0.5, 0.6) is 11.5 Å². The standard InChI is InChI=1S/C18H23NO4S/c1-14(15-7-5-4-6-8-15)11-12-19-24(20,21)18-10-9-16(22-2)13-17(18)23-3/h4-10,13-14,19H,11-12H2,1-3H3. The molecule has 0 aromatic heterocycles. The zero-order valence-corrected chi connectivity index (χ0v) is 15.0. The molecule has 1 atom stereocenters. The number of benzene rings is 2. The van der Waals surface area contributed by atoms with Crippen LogP contribution in [0.1, 0.15) is 24.8 Å². The molecular weight excluding hydrogens is 326 g/mol. The molecule has 5 nitrogen and oxygen atoms in total. The zero-order valence-electron chi connectivity index (χ0n) is 14.2. The molecule has 0 aliphatic heterocycles. The summed E-state index contributed by atoms with van der Waals surface area (Å²) in [5, 5.41) is 0. The quantitative estimate of drug-likeness (QED) is 0.795. The van der Waals surface area contributed by atoms with Gasteiger partial charge in [-0.05, 0) is 30.0 Å². The van der Waals surface area contributed by atoms with Crippen molar-refractivity contribution in [3.8, 4) is 11.5 Å². The highest BCUT2D eigenvalue weighted by Crippen LogP contribution is 2.28. The molecule has 0 saturated carbocycles. The largest absolute Gasteiger partial charge is 0.497 e. The van der Waals surface area contributed by atoms with Gasteiger partial charge < -0.3 is 9.47 Å². The zero-order chi connectivity index (χ0) is 17.6. The Bertz CT molecular complexity index is 760. The third-order valence-corrected chi connectivity index (χ3v) is 5.40. The van der Waals surface area contributed by atoms with E-state index in [0.29, 0.717) is 18.7 Å². The Morgan fingerprint density at radius 2 is 1.75 bits per heavy atom. The highest BCUT2D eigenvalue weighted by Gasteiger charge is 2.20. The maximum absolute atomic E-state index is 12.5. The van der Waals surface area contributed by atoms with E-state index in [2.05, 4.69) is 11.6 Å². The number of methoxy groups -OCH3 is 2. The van der Waals surface area contributed by atoms with E-state index in [9.17, 15) is 8.42 Å². The lowest BCUT2D eigenvalue weighted by Gasteiger charge is -2.14. The van der Waals surface area contributed by atoms with Gasteiger partial charge in [-0.25, -0.2) is 13.1 Å². The highest BCUT2D eigenvalue weighted by atomic mass is 32.2. The van der Waals surface area contributed by atoms with E-state index in [1.165, 1.54) is 25.8 Å². The van der Waals surface area contributed by atoms with Gasteiger partial charge in [-0.3, -0.25) is 0 Å². The van der Waals surface area contributed by atoms with Crippen molar-refractivity contribution in [2.45, 2.75) is 24.2 Å². The van der Waals surface area contributed by atoms with Gasteiger partial charge in [0.15, 0.2) is 0 Å². The minimum absolute atomic E-state index is 0.109. The van der Waals surface area contributed by atoms with E-state index in [4.69, 9.17) is 9.47 Å². The third-order valence-electron chi connectivity index (χ3n) is 3.90. The molecule has 0 aliphatic carbocycles. The fraction of sp³-hybridized carbons (Fsp3) is 0.333. The first-order chi connectivity index (χ1) is 11.5. The number of rotatable bonds is 8. The second-order valence-corrected chi connectivity index (χ2v) is 7.25. The second-order valence-electron chi connectivity index (χ2n) is 5.51. The van der Waals surface area contributed by atoms with Crippen LogP contribution in [-0.2, 0) is 10.0 Å². The van der Waals surface area contributed by atoms with Crippen molar-refractivity contribution >= 4 is 10.0 Å². The van der Waals surface area contributed by atoms with Gasteiger partial charge in [0.1, 0.15) is 16.4 Å². The molecule has 2 aromatic rings. The molecule has 0 fully saturated rings. The number of sulfonamides is 1. The smallest absolute Gasteiger partial charge is 0.244 e. The van der Waals surface area contributed by atoms with E-state index in [1.54, 1.807) is 12.1 Å². The molecule has 0 radical (unpaired) electrons.